The number of aromatic nitrogens is 5. The van der Waals surface area contributed by atoms with Gasteiger partial charge in [0.1, 0.15) is 0 Å². The molecule has 3 aromatic heterocycles. The normalized spacial score (nSPS) is 18.6. The third-order valence-corrected chi connectivity index (χ3v) is 4.47. The number of likely N-dealkylation sites (N-methyl/N-ethyl adjacent to an activating group) is 1. The fourth-order valence-corrected chi connectivity index (χ4v) is 3.08. The van der Waals surface area contributed by atoms with Crippen LogP contribution in [0.3, 0.4) is 0 Å². The molecule has 4 heterocycles. The Bertz CT molecular complexity index is 868. The summed E-state index contributed by atoms with van der Waals surface area (Å²) in [5.74, 6) is 1.96. The lowest BCUT2D eigenvalue weighted by Gasteiger charge is -2.30. The zero-order valence-electron chi connectivity index (χ0n) is 14.6. The van der Waals surface area contributed by atoms with Crippen LogP contribution in [0.15, 0.2) is 28.9 Å². The van der Waals surface area contributed by atoms with Gasteiger partial charge in [0.15, 0.2) is 11.6 Å². The molecule has 1 atom stereocenters. The maximum atomic E-state index is 5.45. The van der Waals surface area contributed by atoms with Crippen LogP contribution in [0.5, 0.6) is 0 Å². The molecule has 0 spiro atoms. The summed E-state index contributed by atoms with van der Waals surface area (Å²) >= 11 is 0. The number of rotatable bonds is 3. The molecule has 1 saturated heterocycles. The third-order valence-electron chi connectivity index (χ3n) is 4.47. The van der Waals surface area contributed by atoms with Crippen molar-refractivity contribution in [3.8, 4) is 17.3 Å². The zero-order valence-corrected chi connectivity index (χ0v) is 14.6. The van der Waals surface area contributed by atoms with Crippen LogP contribution in [0.4, 0.5) is 0 Å². The van der Waals surface area contributed by atoms with Crippen LogP contribution in [0.1, 0.15) is 23.3 Å². The van der Waals surface area contributed by atoms with Crippen LogP contribution in [0.25, 0.3) is 17.3 Å². The van der Waals surface area contributed by atoms with Crippen LogP contribution in [0, 0.1) is 13.8 Å². The first-order chi connectivity index (χ1) is 12.1. The van der Waals surface area contributed by atoms with Gasteiger partial charge < -0.3 is 9.84 Å². The van der Waals surface area contributed by atoms with Gasteiger partial charge in [0.2, 0.25) is 0 Å². The van der Waals surface area contributed by atoms with Gasteiger partial charge in [-0.15, -0.1) is 0 Å². The fourth-order valence-electron chi connectivity index (χ4n) is 3.08. The molecule has 0 saturated carbocycles. The van der Waals surface area contributed by atoms with Crippen molar-refractivity contribution >= 4 is 0 Å². The van der Waals surface area contributed by atoms with E-state index in [0.717, 1.165) is 42.4 Å². The molecule has 0 bridgehead atoms. The second kappa shape index (κ2) is 6.38. The Morgan fingerprint density at radius 3 is 2.84 bits per heavy atom. The first kappa shape index (κ1) is 15.9. The Labute approximate surface area is 145 Å². The molecule has 0 aliphatic carbocycles. The molecule has 1 unspecified atom stereocenters. The molecule has 3 aromatic rings. The van der Waals surface area contributed by atoms with Gasteiger partial charge in [0.25, 0.3) is 5.89 Å². The summed E-state index contributed by atoms with van der Waals surface area (Å²) in [6.07, 6.45) is 1.74. The van der Waals surface area contributed by atoms with E-state index in [1.165, 1.54) is 0 Å². The molecule has 1 fully saturated rings. The van der Waals surface area contributed by atoms with Crippen LogP contribution in [-0.2, 0) is 0 Å². The lowest BCUT2D eigenvalue weighted by atomic mass is 10.2. The zero-order chi connectivity index (χ0) is 17.4. The first-order valence-corrected chi connectivity index (χ1v) is 8.36. The highest BCUT2D eigenvalue weighted by Gasteiger charge is 2.25. The number of aryl methyl sites for hydroxylation is 2. The molecule has 1 aliphatic rings. The lowest BCUT2D eigenvalue weighted by molar-refractivity contribution is 0.190. The molecule has 8 nitrogen and oxygen atoms in total. The third kappa shape index (κ3) is 3.06. The van der Waals surface area contributed by atoms with Gasteiger partial charge in [0, 0.05) is 31.5 Å². The molecular formula is C17H21N7O. The number of nitrogens with zero attached hydrogens (tertiary/aromatic N) is 6. The highest BCUT2D eigenvalue weighted by molar-refractivity contribution is 5.52. The topological polar surface area (TPSA) is 84.9 Å². The summed E-state index contributed by atoms with van der Waals surface area (Å²) in [4.78, 5) is 11.3. The number of hydrogen-bond donors (Lipinski definition) is 1. The van der Waals surface area contributed by atoms with Crippen molar-refractivity contribution in [3.63, 3.8) is 0 Å². The molecule has 0 aromatic carbocycles. The molecule has 8 heteroatoms. The maximum Gasteiger partial charge on any atom is 0.259 e. The SMILES string of the molecule is Cc1cc(C)n(-c2ccc(-c3nc(C4CNCCN4C)no3)cn2)n1. The highest BCUT2D eigenvalue weighted by atomic mass is 16.5. The molecule has 1 aliphatic heterocycles. The van der Waals surface area contributed by atoms with E-state index in [9.17, 15) is 0 Å². The van der Waals surface area contributed by atoms with E-state index in [2.05, 4.69) is 37.5 Å². The summed E-state index contributed by atoms with van der Waals surface area (Å²) < 4.78 is 7.27. The van der Waals surface area contributed by atoms with Crippen molar-refractivity contribution in [2.24, 2.45) is 0 Å². The Kier molecular flexibility index (Phi) is 4.06. The van der Waals surface area contributed by atoms with E-state index in [-0.39, 0.29) is 6.04 Å². The number of piperazine rings is 1. The molecule has 1 N–H and O–H groups in total. The Balaban J connectivity index is 1.57. The molecule has 4 rings (SSSR count). The van der Waals surface area contributed by atoms with Gasteiger partial charge in [-0.2, -0.15) is 10.1 Å². The lowest BCUT2D eigenvalue weighted by Crippen LogP contribution is -2.44. The summed E-state index contributed by atoms with van der Waals surface area (Å²) in [6, 6.07) is 5.99. The van der Waals surface area contributed by atoms with E-state index < -0.39 is 0 Å². The predicted molar refractivity (Wildman–Crippen MR) is 92.4 cm³/mol. The molecular weight excluding hydrogens is 318 g/mol. The van der Waals surface area contributed by atoms with Gasteiger partial charge in [-0.25, -0.2) is 9.67 Å². The van der Waals surface area contributed by atoms with Gasteiger partial charge in [-0.1, -0.05) is 5.16 Å². The average molecular weight is 339 g/mol. The van der Waals surface area contributed by atoms with Crippen LogP contribution in [0.2, 0.25) is 0 Å². The second-order valence-electron chi connectivity index (χ2n) is 6.40. The maximum absolute atomic E-state index is 5.45. The van der Waals surface area contributed by atoms with E-state index in [1.807, 2.05) is 36.7 Å². The van der Waals surface area contributed by atoms with Crippen molar-refractivity contribution in [2.45, 2.75) is 19.9 Å². The van der Waals surface area contributed by atoms with Gasteiger partial charge in [0.05, 0.1) is 17.3 Å². The van der Waals surface area contributed by atoms with Crippen LogP contribution >= 0.6 is 0 Å². The Morgan fingerprint density at radius 2 is 2.16 bits per heavy atom. The standard InChI is InChI=1S/C17H21N7O/c1-11-8-12(2)24(21-11)15-5-4-13(9-19-15)17-20-16(22-25-17)14-10-18-6-7-23(14)3/h4-5,8-9,14,18H,6-7,10H2,1-3H3. The summed E-state index contributed by atoms with van der Waals surface area (Å²) in [6.45, 7) is 6.75. The minimum absolute atomic E-state index is 0.133. The number of pyridine rings is 1. The van der Waals surface area contributed by atoms with E-state index in [4.69, 9.17) is 4.52 Å². The van der Waals surface area contributed by atoms with Gasteiger partial charge >= 0.3 is 0 Å². The second-order valence-corrected chi connectivity index (χ2v) is 6.40. The summed E-state index contributed by atoms with van der Waals surface area (Å²) in [5.41, 5.74) is 2.82. The van der Waals surface area contributed by atoms with Gasteiger partial charge in [-0.3, -0.25) is 4.90 Å². The van der Waals surface area contributed by atoms with E-state index >= 15 is 0 Å². The quantitative estimate of drug-likeness (QED) is 0.774. The predicted octanol–water partition coefficient (Wildman–Crippen LogP) is 1.51. The molecule has 130 valence electrons. The average Bonchev–Trinajstić information content (AvgIpc) is 3.22. The van der Waals surface area contributed by atoms with Crippen molar-refractivity contribution < 1.29 is 4.52 Å². The summed E-state index contributed by atoms with van der Waals surface area (Å²) in [5, 5.41) is 12.0. The minimum atomic E-state index is 0.133. The Morgan fingerprint density at radius 1 is 1.28 bits per heavy atom. The Hall–Kier alpha value is -2.58. The fraction of sp³-hybridized carbons (Fsp3) is 0.412. The largest absolute Gasteiger partial charge is 0.334 e. The first-order valence-electron chi connectivity index (χ1n) is 8.36. The van der Waals surface area contributed by atoms with E-state index in [0.29, 0.717) is 11.7 Å². The smallest absolute Gasteiger partial charge is 0.259 e. The van der Waals surface area contributed by atoms with E-state index in [1.54, 1.807) is 6.20 Å². The molecule has 25 heavy (non-hydrogen) atoms. The van der Waals surface area contributed by atoms with Crippen molar-refractivity contribution in [3.05, 3.63) is 41.6 Å². The molecule has 0 radical (unpaired) electrons. The number of nitrogens with one attached hydrogen (secondary N) is 1. The van der Waals surface area contributed by atoms with Crippen molar-refractivity contribution in [1.82, 2.24) is 35.1 Å². The minimum Gasteiger partial charge on any atom is -0.334 e. The van der Waals surface area contributed by atoms with Crippen LogP contribution in [-0.4, -0.2) is 56.5 Å². The van der Waals surface area contributed by atoms with Gasteiger partial charge in [-0.05, 0) is 39.1 Å². The van der Waals surface area contributed by atoms with Crippen LogP contribution < -0.4 is 5.32 Å². The van der Waals surface area contributed by atoms with Crippen molar-refractivity contribution in [1.29, 1.82) is 0 Å². The molecule has 0 amide bonds. The number of hydrogen-bond acceptors (Lipinski definition) is 7. The monoisotopic (exact) mass is 339 g/mol. The summed E-state index contributed by atoms with van der Waals surface area (Å²) in [7, 11) is 2.08. The highest BCUT2D eigenvalue weighted by Crippen LogP contribution is 2.23. The van der Waals surface area contributed by atoms with Crippen molar-refractivity contribution in [2.75, 3.05) is 26.7 Å².